The van der Waals surface area contributed by atoms with Crippen molar-refractivity contribution in [3.8, 4) is 0 Å². The predicted octanol–water partition coefficient (Wildman–Crippen LogP) is 0.535. The minimum Gasteiger partial charge on any atom is -0.345 e. The van der Waals surface area contributed by atoms with Gasteiger partial charge < -0.3 is 15.5 Å². The standard InChI is InChI=1S/C12H23N3O2.ClH/c1-4-12(7-6-8-14-12)11(17)13-9-10(16)15(3)5-2;/h14H,4-9H2,1-3H3,(H,13,17);1H. The second-order valence-corrected chi connectivity index (χ2v) is 4.56. The maximum atomic E-state index is 12.1. The topological polar surface area (TPSA) is 61.4 Å². The van der Waals surface area contributed by atoms with Crippen LogP contribution < -0.4 is 10.6 Å². The van der Waals surface area contributed by atoms with Crippen LogP contribution in [-0.2, 0) is 9.59 Å². The summed E-state index contributed by atoms with van der Waals surface area (Å²) in [5.41, 5.74) is -0.453. The van der Waals surface area contributed by atoms with Gasteiger partial charge in [0.05, 0.1) is 12.1 Å². The Kier molecular flexibility index (Phi) is 7.25. The monoisotopic (exact) mass is 277 g/mol. The molecular formula is C12H24ClN3O2. The first kappa shape index (κ1) is 17.2. The Balaban J connectivity index is 0.00000289. The molecule has 1 unspecified atom stereocenters. The van der Waals surface area contributed by atoms with E-state index < -0.39 is 5.54 Å². The van der Waals surface area contributed by atoms with E-state index in [2.05, 4.69) is 10.6 Å². The molecule has 0 aromatic heterocycles. The Morgan fingerprint density at radius 3 is 2.50 bits per heavy atom. The molecule has 6 heteroatoms. The van der Waals surface area contributed by atoms with Crippen molar-refractivity contribution in [2.75, 3.05) is 26.7 Å². The van der Waals surface area contributed by atoms with E-state index in [1.165, 1.54) is 0 Å². The highest BCUT2D eigenvalue weighted by atomic mass is 35.5. The highest BCUT2D eigenvalue weighted by molar-refractivity contribution is 5.90. The Hall–Kier alpha value is -0.810. The predicted molar refractivity (Wildman–Crippen MR) is 73.8 cm³/mol. The summed E-state index contributed by atoms with van der Waals surface area (Å²) >= 11 is 0. The Labute approximate surface area is 115 Å². The van der Waals surface area contributed by atoms with Crippen LogP contribution in [0.3, 0.4) is 0 Å². The largest absolute Gasteiger partial charge is 0.345 e. The van der Waals surface area contributed by atoms with Crippen molar-refractivity contribution in [3.63, 3.8) is 0 Å². The maximum absolute atomic E-state index is 12.1. The van der Waals surface area contributed by atoms with Gasteiger partial charge in [0.2, 0.25) is 11.8 Å². The van der Waals surface area contributed by atoms with Crippen molar-refractivity contribution in [2.24, 2.45) is 0 Å². The summed E-state index contributed by atoms with van der Waals surface area (Å²) in [6, 6.07) is 0. The average molecular weight is 278 g/mol. The van der Waals surface area contributed by atoms with Gasteiger partial charge in [0, 0.05) is 13.6 Å². The van der Waals surface area contributed by atoms with Crippen molar-refractivity contribution < 1.29 is 9.59 Å². The molecule has 1 fully saturated rings. The molecule has 1 saturated heterocycles. The zero-order valence-electron chi connectivity index (χ0n) is 11.4. The summed E-state index contributed by atoms with van der Waals surface area (Å²) in [4.78, 5) is 25.2. The molecule has 2 N–H and O–H groups in total. The highest BCUT2D eigenvalue weighted by Crippen LogP contribution is 2.22. The van der Waals surface area contributed by atoms with E-state index in [0.29, 0.717) is 6.54 Å². The van der Waals surface area contributed by atoms with Crippen LogP contribution in [0.4, 0.5) is 0 Å². The molecule has 0 radical (unpaired) electrons. The van der Waals surface area contributed by atoms with E-state index in [0.717, 1.165) is 25.8 Å². The number of carbonyl (C=O) groups excluding carboxylic acids is 2. The van der Waals surface area contributed by atoms with Gasteiger partial charge in [0.25, 0.3) is 0 Å². The van der Waals surface area contributed by atoms with Crippen LogP contribution >= 0.6 is 12.4 Å². The highest BCUT2D eigenvalue weighted by Gasteiger charge is 2.38. The smallest absolute Gasteiger partial charge is 0.241 e. The first-order valence-corrected chi connectivity index (χ1v) is 6.33. The first-order valence-electron chi connectivity index (χ1n) is 6.33. The summed E-state index contributed by atoms with van der Waals surface area (Å²) < 4.78 is 0. The van der Waals surface area contributed by atoms with Gasteiger partial charge in [-0.2, -0.15) is 0 Å². The lowest BCUT2D eigenvalue weighted by atomic mass is 9.93. The SMILES string of the molecule is CCN(C)C(=O)CNC(=O)C1(CC)CCCN1.Cl. The van der Waals surface area contributed by atoms with E-state index in [1.54, 1.807) is 11.9 Å². The van der Waals surface area contributed by atoms with E-state index in [-0.39, 0.29) is 30.8 Å². The van der Waals surface area contributed by atoms with Gasteiger partial charge in [-0.1, -0.05) is 6.92 Å². The van der Waals surface area contributed by atoms with Gasteiger partial charge >= 0.3 is 0 Å². The first-order chi connectivity index (χ1) is 8.05. The molecule has 0 bridgehead atoms. The molecule has 1 rings (SSSR count). The second-order valence-electron chi connectivity index (χ2n) is 4.56. The number of hydrogen-bond acceptors (Lipinski definition) is 3. The molecule has 1 heterocycles. The zero-order valence-corrected chi connectivity index (χ0v) is 12.2. The van der Waals surface area contributed by atoms with Crippen LogP contribution in [0.25, 0.3) is 0 Å². The van der Waals surface area contributed by atoms with E-state index >= 15 is 0 Å². The van der Waals surface area contributed by atoms with Crippen molar-refractivity contribution in [1.29, 1.82) is 0 Å². The van der Waals surface area contributed by atoms with Gasteiger partial charge in [-0.25, -0.2) is 0 Å². The lowest BCUT2D eigenvalue weighted by molar-refractivity contribution is -0.133. The lowest BCUT2D eigenvalue weighted by Gasteiger charge is -2.27. The quantitative estimate of drug-likeness (QED) is 0.771. The van der Waals surface area contributed by atoms with Crippen LogP contribution in [0, 0.1) is 0 Å². The van der Waals surface area contributed by atoms with Crippen LogP contribution in [-0.4, -0.2) is 48.9 Å². The summed E-state index contributed by atoms with van der Waals surface area (Å²) in [6.07, 6.45) is 2.63. The molecule has 0 aromatic carbocycles. The van der Waals surface area contributed by atoms with Crippen LogP contribution in [0.1, 0.15) is 33.1 Å². The maximum Gasteiger partial charge on any atom is 0.241 e. The molecule has 0 aromatic rings. The fraction of sp³-hybridized carbons (Fsp3) is 0.833. The number of likely N-dealkylation sites (N-methyl/N-ethyl adjacent to an activating group) is 1. The number of rotatable bonds is 5. The van der Waals surface area contributed by atoms with Gasteiger partial charge in [0.1, 0.15) is 0 Å². The number of nitrogens with zero attached hydrogens (tertiary/aromatic N) is 1. The summed E-state index contributed by atoms with van der Waals surface area (Å²) in [5, 5.41) is 5.99. The molecule has 1 aliphatic heterocycles. The number of nitrogens with one attached hydrogen (secondary N) is 2. The third-order valence-corrected chi connectivity index (χ3v) is 3.58. The molecule has 0 spiro atoms. The van der Waals surface area contributed by atoms with E-state index in [9.17, 15) is 9.59 Å². The minimum atomic E-state index is -0.453. The van der Waals surface area contributed by atoms with Crippen molar-refractivity contribution >= 4 is 24.2 Å². The van der Waals surface area contributed by atoms with Crippen molar-refractivity contribution in [3.05, 3.63) is 0 Å². The van der Waals surface area contributed by atoms with E-state index in [1.807, 2.05) is 13.8 Å². The molecule has 5 nitrogen and oxygen atoms in total. The molecule has 18 heavy (non-hydrogen) atoms. The molecule has 106 valence electrons. The van der Waals surface area contributed by atoms with Crippen LogP contribution in [0.15, 0.2) is 0 Å². The van der Waals surface area contributed by atoms with E-state index in [4.69, 9.17) is 0 Å². The fourth-order valence-corrected chi connectivity index (χ4v) is 2.10. The summed E-state index contributed by atoms with van der Waals surface area (Å²) in [5.74, 6) is -0.0968. The fourth-order valence-electron chi connectivity index (χ4n) is 2.10. The van der Waals surface area contributed by atoms with Crippen LogP contribution in [0.5, 0.6) is 0 Å². The van der Waals surface area contributed by atoms with Crippen LogP contribution in [0.2, 0.25) is 0 Å². The Bertz CT molecular complexity index is 291. The Morgan fingerprint density at radius 1 is 1.39 bits per heavy atom. The molecular weight excluding hydrogens is 254 g/mol. The van der Waals surface area contributed by atoms with Gasteiger partial charge in [-0.05, 0) is 32.7 Å². The number of halogens is 1. The van der Waals surface area contributed by atoms with Crippen molar-refractivity contribution in [1.82, 2.24) is 15.5 Å². The molecule has 1 atom stereocenters. The second kappa shape index (κ2) is 7.59. The summed E-state index contributed by atoms with van der Waals surface area (Å²) in [7, 11) is 1.73. The average Bonchev–Trinajstić information content (AvgIpc) is 2.84. The van der Waals surface area contributed by atoms with Crippen molar-refractivity contribution in [2.45, 2.75) is 38.6 Å². The third-order valence-electron chi connectivity index (χ3n) is 3.58. The minimum absolute atomic E-state index is 0. The number of amides is 2. The zero-order chi connectivity index (χ0) is 12.9. The number of hydrogen-bond donors (Lipinski definition) is 2. The molecule has 0 saturated carbocycles. The third kappa shape index (κ3) is 3.85. The molecule has 0 aliphatic carbocycles. The molecule has 1 aliphatic rings. The molecule has 2 amide bonds. The van der Waals surface area contributed by atoms with Gasteiger partial charge in [0.15, 0.2) is 0 Å². The lowest BCUT2D eigenvalue weighted by Crippen LogP contribution is -2.54. The Morgan fingerprint density at radius 2 is 2.06 bits per heavy atom. The normalized spacial score (nSPS) is 22.2. The number of carbonyl (C=O) groups is 2. The summed E-state index contributed by atoms with van der Waals surface area (Å²) in [6.45, 7) is 5.53. The van der Waals surface area contributed by atoms with Gasteiger partial charge in [-0.15, -0.1) is 12.4 Å². The van der Waals surface area contributed by atoms with Gasteiger partial charge in [-0.3, -0.25) is 9.59 Å².